The number of hydrogen-bond acceptors (Lipinski definition) is 9. The lowest BCUT2D eigenvalue weighted by atomic mass is 10.2. The monoisotopic (exact) mass is 538 g/mol. The van der Waals surface area contributed by atoms with E-state index in [1.54, 1.807) is 11.8 Å². The van der Waals surface area contributed by atoms with Crippen molar-refractivity contribution in [1.29, 1.82) is 5.41 Å². The number of ether oxygens (including phenoxy) is 1. The highest BCUT2D eigenvalue weighted by Gasteiger charge is 2.39. The molecular weight excluding hydrogens is 510 g/mol. The van der Waals surface area contributed by atoms with E-state index in [0.717, 1.165) is 31.2 Å². The molecule has 0 atom stereocenters. The third kappa shape index (κ3) is 6.68. The normalized spacial score (nSPS) is 18.2. The number of benzene rings is 1. The summed E-state index contributed by atoms with van der Waals surface area (Å²) in [5.41, 5.74) is -0.0512. The SMILES string of the molecule is Cc1noc(CS(=O)(=O)N2CCN(/C(C=N)=C(\OCC3(C)CC3)C(=O)Nc3cc(F)cc(F)c3)CC2)n1. The molecular formula is C23H28F2N6O5S. The topological polar surface area (TPSA) is 142 Å². The number of anilines is 1. The summed E-state index contributed by atoms with van der Waals surface area (Å²) in [7, 11) is -3.73. The van der Waals surface area contributed by atoms with Crippen molar-refractivity contribution in [2.75, 3.05) is 38.1 Å². The third-order valence-corrected chi connectivity index (χ3v) is 7.98. The van der Waals surface area contributed by atoms with Gasteiger partial charge in [0.25, 0.3) is 5.91 Å². The Kier molecular flexibility index (Phi) is 7.59. The summed E-state index contributed by atoms with van der Waals surface area (Å²) in [5, 5.41) is 14.0. The van der Waals surface area contributed by atoms with Crippen LogP contribution in [0.4, 0.5) is 14.5 Å². The molecule has 2 N–H and O–H groups in total. The average molecular weight is 539 g/mol. The van der Waals surface area contributed by atoms with Crippen LogP contribution in [-0.4, -0.2) is 72.7 Å². The first-order valence-electron chi connectivity index (χ1n) is 11.6. The summed E-state index contributed by atoms with van der Waals surface area (Å²) in [4.78, 5) is 18.8. The van der Waals surface area contributed by atoms with Crippen molar-refractivity contribution >= 4 is 27.8 Å². The summed E-state index contributed by atoms with van der Waals surface area (Å²) >= 11 is 0. The number of halogens is 2. The molecule has 200 valence electrons. The van der Waals surface area contributed by atoms with Gasteiger partial charge >= 0.3 is 0 Å². The molecule has 11 nitrogen and oxygen atoms in total. The maximum Gasteiger partial charge on any atom is 0.293 e. The van der Waals surface area contributed by atoms with Crippen LogP contribution in [0.25, 0.3) is 0 Å². The molecule has 0 radical (unpaired) electrons. The van der Waals surface area contributed by atoms with Crippen LogP contribution in [0.5, 0.6) is 0 Å². The molecule has 1 amide bonds. The molecule has 2 aromatic rings. The third-order valence-electron chi connectivity index (χ3n) is 6.21. The van der Waals surface area contributed by atoms with Gasteiger partial charge in [-0.1, -0.05) is 12.1 Å². The molecule has 0 spiro atoms. The van der Waals surface area contributed by atoms with Gasteiger partial charge in [0.15, 0.2) is 5.82 Å². The Labute approximate surface area is 213 Å². The van der Waals surface area contributed by atoms with Crippen molar-refractivity contribution in [1.82, 2.24) is 19.3 Å². The standard InChI is InChI=1S/C23H28F2N6O5S/c1-15-27-20(36-29-15)13-37(33,34)31-7-5-30(6-8-31)19(12-26)21(35-14-23(2)3-4-23)22(32)28-18-10-16(24)9-17(25)11-18/h9-12,26H,3-8,13-14H2,1-2H3,(H,28,32)/b21-19-,26-12?. The molecule has 14 heteroatoms. The van der Waals surface area contributed by atoms with E-state index in [0.29, 0.717) is 11.9 Å². The lowest BCUT2D eigenvalue weighted by Crippen LogP contribution is -2.49. The highest BCUT2D eigenvalue weighted by molar-refractivity contribution is 7.88. The fourth-order valence-corrected chi connectivity index (χ4v) is 5.16. The van der Waals surface area contributed by atoms with Crippen LogP contribution in [0.15, 0.2) is 34.2 Å². The maximum atomic E-state index is 13.6. The van der Waals surface area contributed by atoms with Crippen molar-refractivity contribution in [2.45, 2.75) is 32.4 Å². The van der Waals surface area contributed by atoms with E-state index in [2.05, 4.69) is 15.5 Å². The molecule has 1 aliphatic carbocycles. The minimum absolute atomic E-state index is 0.00489. The van der Waals surface area contributed by atoms with E-state index in [1.807, 2.05) is 6.92 Å². The number of allylic oxidation sites excluding steroid dienone is 1. The Morgan fingerprint density at radius 3 is 2.41 bits per heavy atom. The largest absolute Gasteiger partial charge is 0.486 e. The number of nitrogens with one attached hydrogen (secondary N) is 2. The number of piperazine rings is 1. The fourth-order valence-electron chi connectivity index (χ4n) is 3.83. The number of carbonyl (C=O) groups excluding carboxylic acids is 1. The Morgan fingerprint density at radius 1 is 1.22 bits per heavy atom. The Morgan fingerprint density at radius 2 is 1.86 bits per heavy atom. The number of sulfonamides is 1. The Hall–Kier alpha value is -3.39. The predicted octanol–water partition coefficient (Wildman–Crippen LogP) is 2.42. The summed E-state index contributed by atoms with van der Waals surface area (Å²) < 4.78 is 65.0. The van der Waals surface area contributed by atoms with Gasteiger partial charge in [-0.15, -0.1) is 0 Å². The van der Waals surface area contributed by atoms with Crippen molar-refractivity contribution in [3.8, 4) is 0 Å². The first-order chi connectivity index (χ1) is 17.5. The molecule has 1 saturated heterocycles. The summed E-state index contributed by atoms with van der Waals surface area (Å²) in [6, 6.07) is 2.63. The second-order valence-electron chi connectivity index (χ2n) is 9.45. The Bertz CT molecular complexity index is 1300. The quantitative estimate of drug-likeness (QED) is 0.267. The zero-order valence-electron chi connectivity index (χ0n) is 20.5. The summed E-state index contributed by atoms with van der Waals surface area (Å²) in [6.45, 7) is 4.36. The number of aryl methyl sites for hydroxylation is 1. The van der Waals surface area contributed by atoms with Gasteiger partial charge < -0.3 is 24.9 Å². The van der Waals surface area contributed by atoms with E-state index >= 15 is 0 Å². The van der Waals surface area contributed by atoms with E-state index in [4.69, 9.17) is 14.7 Å². The smallest absolute Gasteiger partial charge is 0.293 e. The Balaban J connectivity index is 1.51. The van der Waals surface area contributed by atoms with Gasteiger partial charge in [-0.25, -0.2) is 17.2 Å². The fraction of sp³-hybridized carbons (Fsp3) is 0.478. The van der Waals surface area contributed by atoms with E-state index < -0.39 is 33.3 Å². The predicted molar refractivity (Wildman–Crippen MR) is 129 cm³/mol. The molecule has 2 fully saturated rings. The molecule has 1 aliphatic heterocycles. The van der Waals surface area contributed by atoms with Crippen molar-refractivity contribution in [3.63, 3.8) is 0 Å². The van der Waals surface area contributed by atoms with Crippen LogP contribution in [0.3, 0.4) is 0 Å². The lowest BCUT2D eigenvalue weighted by molar-refractivity contribution is -0.116. The zero-order valence-corrected chi connectivity index (χ0v) is 21.3. The first kappa shape index (κ1) is 26.7. The number of rotatable bonds is 10. The van der Waals surface area contributed by atoms with Gasteiger partial charge in [0.1, 0.15) is 23.1 Å². The van der Waals surface area contributed by atoms with Gasteiger partial charge in [-0.3, -0.25) is 4.79 Å². The molecule has 1 aromatic carbocycles. The molecule has 0 unspecified atom stereocenters. The van der Waals surface area contributed by atoms with Crippen molar-refractivity contribution in [3.05, 3.63) is 53.0 Å². The van der Waals surface area contributed by atoms with E-state index in [9.17, 15) is 22.0 Å². The molecule has 2 heterocycles. The second kappa shape index (κ2) is 10.5. The molecule has 1 saturated carbocycles. The van der Waals surface area contributed by atoms with Crippen LogP contribution >= 0.6 is 0 Å². The van der Waals surface area contributed by atoms with Crippen LogP contribution in [0.2, 0.25) is 0 Å². The van der Waals surface area contributed by atoms with E-state index in [-0.39, 0.29) is 61.2 Å². The number of carbonyl (C=O) groups is 1. The summed E-state index contributed by atoms with van der Waals surface area (Å²) in [6.07, 6.45) is 2.81. The molecule has 4 rings (SSSR count). The van der Waals surface area contributed by atoms with Gasteiger partial charge in [0.2, 0.25) is 21.7 Å². The first-order valence-corrected chi connectivity index (χ1v) is 13.3. The molecule has 2 aliphatic rings. The van der Waals surface area contributed by atoms with Crippen LogP contribution in [0, 0.1) is 29.4 Å². The van der Waals surface area contributed by atoms with Crippen molar-refractivity contribution in [2.24, 2.45) is 5.41 Å². The minimum atomic E-state index is -3.73. The number of amides is 1. The average Bonchev–Trinajstić information content (AvgIpc) is 3.43. The second-order valence-corrected chi connectivity index (χ2v) is 11.4. The van der Waals surface area contributed by atoms with Crippen LogP contribution < -0.4 is 5.32 Å². The zero-order chi connectivity index (χ0) is 26.8. The maximum absolute atomic E-state index is 13.6. The van der Waals surface area contributed by atoms with Gasteiger partial charge in [-0.2, -0.15) is 9.29 Å². The van der Waals surface area contributed by atoms with E-state index in [1.165, 1.54) is 4.31 Å². The summed E-state index contributed by atoms with van der Waals surface area (Å²) in [5.74, 6) is -2.75. The van der Waals surface area contributed by atoms with Gasteiger partial charge in [0, 0.05) is 49.6 Å². The minimum Gasteiger partial charge on any atom is -0.486 e. The number of aromatic nitrogens is 2. The number of nitrogens with zero attached hydrogens (tertiary/aromatic N) is 4. The van der Waals surface area contributed by atoms with Gasteiger partial charge in [-0.05, 0) is 31.9 Å². The highest BCUT2D eigenvalue weighted by atomic mass is 32.2. The number of hydrogen-bond donors (Lipinski definition) is 2. The molecule has 37 heavy (non-hydrogen) atoms. The van der Waals surface area contributed by atoms with Gasteiger partial charge in [0.05, 0.1) is 6.61 Å². The molecule has 0 bridgehead atoms. The molecule has 1 aromatic heterocycles. The van der Waals surface area contributed by atoms with Crippen LogP contribution in [0.1, 0.15) is 31.5 Å². The lowest BCUT2D eigenvalue weighted by Gasteiger charge is -2.36. The van der Waals surface area contributed by atoms with Crippen LogP contribution in [-0.2, 0) is 25.3 Å². The highest BCUT2D eigenvalue weighted by Crippen LogP contribution is 2.45. The van der Waals surface area contributed by atoms with Crippen molar-refractivity contribution < 1.29 is 31.3 Å².